The van der Waals surface area contributed by atoms with E-state index in [2.05, 4.69) is 10.4 Å². The number of hydrogen-bond acceptors (Lipinski definition) is 5. The lowest BCUT2D eigenvalue weighted by atomic mass is 10.1. The molecule has 0 bridgehead atoms. The van der Waals surface area contributed by atoms with E-state index in [1.807, 2.05) is 25.6 Å². The third-order valence-corrected chi connectivity index (χ3v) is 4.49. The number of rotatable bonds is 4. The van der Waals surface area contributed by atoms with Crippen molar-refractivity contribution in [2.75, 3.05) is 16.8 Å². The maximum absolute atomic E-state index is 11.3. The van der Waals surface area contributed by atoms with E-state index in [9.17, 15) is 10.1 Å². The highest BCUT2D eigenvalue weighted by Crippen LogP contribution is 2.34. The first-order chi connectivity index (χ1) is 9.00. The first-order valence-electron chi connectivity index (χ1n) is 6.56. The Bertz CT molecular complexity index is 467. The largest absolute Gasteiger partial charge is 0.361 e. The Kier molecular flexibility index (Phi) is 4.34. The van der Waals surface area contributed by atoms with Crippen LogP contribution in [-0.2, 0) is 7.05 Å². The number of anilines is 1. The number of hydrogen-bond donors (Lipinski definition) is 1. The second-order valence-corrected chi connectivity index (χ2v) is 6.33. The van der Waals surface area contributed by atoms with Crippen molar-refractivity contribution < 1.29 is 4.92 Å². The standard InChI is InChI=1S/C12H20N4O2S/c1-8(2)10-11(16(17)18)12(15(3)14-10)13-9-5-4-6-19-7-9/h8-9,13H,4-7H2,1-3H3. The predicted molar refractivity (Wildman–Crippen MR) is 77.9 cm³/mol. The minimum absolute atomic E-state index is 0.0443. The molecular weight excluding hydrogens is 264 g/mol. The van der Waals surface area contributed by atoms with Crippen molar-refractivity contribution in [3.8, 4) is 0 Å². The van der Waals surface area contributed by atoms with E-state index in [0.29, 0.717) is 17.6 Å². The summed E-state index contributed by atoms with van der Waals surface area (Å²) in [6.45, 7) is 3.85. The third kappa shape index (κ3) is 3.02. The van der Waals surface area contributed by atoms with Crippen LogP contribution in [0.1, 0.15) is 38.3 Å². The molecule has 0 spiro atoms. The molecule has 106 valence electrons. The molecule has 2 heterocycles. The van der Waals surface area contributed by atoms with E-state index in [1.165, 1.54) is 5.75 Å². The average molecular weight is 284 g/mol. The van der Waals surface area contributed by atoms with Gasteiger partial charge in [-0.15, -0.1) is 0 Å². The summed E-state index contributed by atoms with van der Waals surface area (Å²) < 4.78 is 1.60. The molecule has 0 aliphatic carbocycles. The smallest absolute Gasteiger partial charge is 0.334 e. The summed E-state index contributed by atoms with van der Waals surface area (Å²) in [5, 5.41) is 18.9. The predicted octanol–water partition coefficient (Wildman–Crippen LogP) is 2.76. The van der Waals surface area contributed by atoms with Crippen molar-refractivity contribution in [1.29, 1.82) is 0 Å². The molecular formula is C12H20N4O2S. The Morgan fingerprint density at radius 2 is 2.32 bits per heavy atom. The number of aromatic nitrogens is 2. The molecule has 1 saturated heterocycles. The lowest BCUT2D eigenvalue weighted by Crippen LogP contribution is -2.27. The lowest BCUT2D eigenvalue weighted by Gasteiger charge is -2.22. The van der Waals surface area contributed by atoms with Crippen LogP contribution >= 0.6 is 11.8 Å². The molecule has 1 N–H and O–H groups in total. The molecule has 1 unspecified atom stereocenters. The maximum atomic E-state index is 11.3. The summed E-state index contributed by atoms with van der Waals surface area (Å²) >= 11 is 1.89. The second-order valence-electron chi connectivity index (χ2n) is 5.18. The topological polar surface area (TPSA) is 73.0 Å². The Morgan fingerprint density at radius 1 is 1.58 bits per heavy atom. The van der Waals surface area contributed by atoms with Crippen LogP contribution in [0.5, 0.6) is 0 Å². The van der Waals surface area contributed by atoms with E-state index < -0.39 is 0 Å². The van der Waals surface area contributed by atoms with Gasteiger partial charge in [0.25, 0.3) is 0 Å². The zero-order valence-corrected chi connectivity index (χ0v) is 12.4. The summed E-state index contributed by atoms with van der Waals surface area (Å²) in [7, 11) is 1.76. The van der Waals surface area contributed by atoms with E-state index in [4.69, 9.17) is 0 Å². The molecule has 1 aromatic rings. The summed E-state index contributed by atoms with van der Waals surface area (Å²) in [6, 6.07) is 0.299. The molecule has 0 saturated carbocycles. The van der Waals surface area contributed by atoms with Crippen molar-refractivity contribution in [3.63, 3.8) is 0 Å². The highest BCUT2D eigenvalue weighted by molar-refractivity contribution is 7.99. The van der Waals surface area contributed by atoms with Crippen molar-refractivity contribution in [2.24, 2.45) is 7.05 Å². The first kappa shape index (κ1) is 14.2. The summed E-state index contributed by atoms with van der Waals surface area (Å²) in [5.41, 5.74) is 0.687. The van der Waals surface area contributed by atoms with Crippen molar-refractivity contribution in [1.82, 2.24) is 9.78 Å². The monoisotopic (exact) mass is 284 g/mol. The maximum Gasteiger partial charge on any atom is 0.334 e. The Balaban J connectivity index is 2.30. The van der Waals surface area contributed by atoms with Gasteiger partial charge in [0, 0.05) is 24.8 Å². The van der Waals surface area contributed by atoms with Gasteiger partial charge in [-0.2, -0.15) is 16.9 Å². The molecule has 2 rings (SSSR count). The van der Waals surface area contributed by atoms with Gasteiger partial charge >= 0.3 is 5.69 Å². The van der Waals surface area contributed by atoms with E-state index in [-0.39, 0.29) is 16.5 Å². The molecule has 6 nitrogen and oxygen atoms in total. The van der Waals surface area contributed by atoms with Crippen LogP contribution in [0.25, 0.3) is 0 Å². The van der Waals surface area contributed by atoms with Crippen molar-refractivity contribution in [2.45, 2.75) is 38.6 Å². The SMILES string of the molecule is CC(C)c1nn(C)c(NC2CCCSC2)c1[N+](=O)[O-]. The fraction of sp³-hybridized carbons (Fsp3) is 0.750. The lowest BCUT2D eigenvalue weighted by molar-refractivity contribution is -0.384. The van der Waals surface area contributed by atoms with Gasteiger partial charge in [0.15, 0.2) is 0 Å². The molecule has 0 radical (unpaired) electrons. The van der Waals surface area contributed by atoms with Gasteiger partial charge in [-0.25, -0.2) is 4.68 Å². The molecule has 0 amide bonds. The summed E-state index contributed by atoms with van der Waals surface area (Å²) in [4.78, 5) is 11.0. The number of aryl methyl sites for hydroxylation is 1. The number of nitro groups is 1. The van der Waals surface area contributed by atoms with Crippen LogP contribution in [-0.4, -0.2) is 32.3 Å². The molecule has 19 heavy (non-hydrogen) atoms. The van der Waals surface area contributed by atoms with Crippen molar-refractivity contribution >= 4 is 23.3 Å². The van der Waals surface area contributed by atoms with Gasteiger partial charge < -0.3 is 5.32 Å². The molecule has 1 atom stereocenters. The molecule has 0 aromatic carbocycles. The van der Waals surface area contributed by atoms with Crippen LogP contribution in [0.15, 0.2) is 0 Å². The van der Waals surface area contributed by atoms with Crippen LogP contribution in [0.4, 0.5) is 11.5 Å². The zero-order chi connectivity index (χ0) is 14.0. The molecule has 1 aliphatic rings. The van der Waals surface area contributed by atoms with Crippen LogP contribution in [0.2, 0.25) is 0 Å². The quantitative estimate of drug-likeness (QED) is 0.680. The van der Waals surface area contributed by atoms with E-state index in [0.717, 1.165) is 18.6 Å². The van der Waals surface area contributed by atoms with Gasteiger partial charge in [-0.05, 0) is 18.6 Å². The van der Waals surface area contributed by atoms with Crippen molar-refractivity contribution in [3.05, 3.63) is 15.8 Å². The summed E-state index contributed by atoms with van der Waals surface area (Å²) in [5.74, 6) is 2.77. The van der Waals surface area contributed by atoms with Crippen LogP contribution < -0.4 is 5.32 Å². The summed E-state index contributed by atoms with van der Waals surface area (Å²) in [6.07, 6.45) is 2.22. The number of nitrogens with zero attached hydrogens (tertiary/aromatic N) is 3. The van der Waals surface area contributed by atoms with Gasteiger partial charge in [0.2, 0.25) is 5.82 Å². The highest BCUT2D eigenvalue weighted by Gasteiger charge is 2.30. The second kappa shape index (κ2) is 5.81. The van der Waals surface area contributed by atoms with E-state index in [1.54, 1.807) is 11.7 Å². The first-order valence-corrected chi connectivity index (χ1v) is 7.71. The minimum atomic E-state index is -0.319. The minimum Gasteiger partial charge on any atom is -0.361 e. The Labute approximate surface area is 117 Å². The van der Waals surface area contributed by atoms with E-state index >= 15 is 0 Å². The zero-order valence-electron chi connectivity index (χ0n) is 11.5. The van der Waals surface area contributed by atoms with Gasteiger partial charge in [0.05, 0.1) is 4.92 Å². The normalized spacial score (nSPS) is 19.7. The molecule has 1 aliphatic heterocycles. The third-order valence-electron chi connectivity index (χ3n) is 3.28. The van der Waals surface area contributed by atoms with Gasteiger partial charge in [-0.1, -0.05) is 13.8 Å². The van der Waals surface area contributed by atoms with Crippen LogP contribution in [0, 0.1) is 10.1 Å². The fourth-order valence-corrected chi connectivity index (χ4v) is 3.38. The molecule has 1 aromatic heterocycles. The van der Waals surface area contributed by atoms with Gasteiger partial charge in [-0.3, -0.25) is 10.1 Å². The Hall–Kier alpha value is -1.24. The number of thioether (sulfide) groups is 1. The highest BCUT2D eigenvalue weighted by atomic mass is 32.2. The molecule has 1 fully saturated rings. The number of nitrogens with one attached hydrogen (secondary N) is 1. The molecule has 7 heteroatoms. The van der Waals surface area contributed by atoms with Gasteiger partial charge in [0.1, 0.15) is 5.69 Å². The fourth-order valence-electron chi connectivity index (χ4n) is 2.31. The average Bonchev–Trinajstić information content (AvgIpc) is 2.68. The van der Waals surface area contributed by atoms with Crippen LogP contribution in [0.3, 0.4) is 0 Å². The Morgan fingerprint density at radius 3 is 2.84 bits per heavy atom.